The van der Waals surface area contributed by atoms with Crippen molar-refractivity contribution in [3.8, 4) is 0 Å². The fourth-order valence-electron chi connectivity index (χ4n) is 4.83. The molecule has 6 N–H and O–H groups in total. The highest BCUT2D eigenvalue weighted by Gasteiger charge is 2.79. The van der Waals surface area contributed by atoms with E-state index in [1.165, 1.54) is 14.0 Å². The number of amides is 1. The molecule has 1 unspecified atom stereocenters. The third kappa shape index (κ3) is 1.62. The lowest BCUT2D eigenvalue weighted by Gasteiger charge is -2.43. The molecule has 0 radical (unpaired) electrons. The largest absolute Gasteiger partial charge is 0.449 e. The number of nitrogens with zero attached hydrogens (tertiary/aromatic N) is 1. The van der Waals surface area contributed by atoms with E-state index in [1.54, 1.807) is 4.90 Å². The summed E-state index contributed by atoms with van der Waals surface area (Å²) in [7, 11) is 1.48. The Labute approximate surface area is 143 Å². The van der Waals surface area contributed by atoms with Crippen LogP contribution in [0.4, 0.5) is 4.79 Å². The number of ketones is 2. The van der Waals surface area contributed by atoms with Gasteiger partial charge in [-0.1, -0.05) is 0 Å². The van der Waals surface area contributed by atoms with Gasteiger partial charge in [-0.25, -0.2) is 4.79 Å². The SMILES string of the molecule is CO[C@@]12[C@H](COC(N)=O)C3=C(C(=O)C(C)=C(N)C3=O)N1C[C@@H]1CC12N. The summed E-state index contributed by atoms with van der Waals surface area (Å²) in [4.78, 5) is 38.6. The molecule has 0 aromatic carbocycles. The van der Waals surface area contributed by atoms with Crippen LogP contribution in [0.2, 0.25) is 0 Å². The van der Waals surface area contributed by atoms with Gasteiger partial charge in [0.1, 0.15) is 6.61 Å². The van der Waals surface area contributed by atoms with Crippen LogP contribution in [0, 0.1) is 11.8 Å². The fourth-order valence-corrected chi connectivity index (χ4v) is 4.83. The van der Waals surface area contributed by atoms with Gasteiger partial charge in [0.25, 0.3) is 0 Å². The number of carbonyl (C=O) groups is 3. The van der Waals surface area contributed by atoms with Crippen molar-refractivity contribution in [2.75, 3.05) is 20.3 Å². The molecule has 2 aliphatic carbocycles. The molecule has 1 saturated heterocycles. The summed E-state index contributed by atoms with van der Waals surface area (Å²) in [5.41, 5.74) is 16.2. The monoisotopic (exact) mass is 348 g/mol. The number of ether oxygens (including phenoxy) is 2. The standard InChI is InChI=1S/C16H20N4O5/c1-6-10(17)13(22)9-8(5-25-14(18)23)16(24-2)15(19)3-7(15)4-20(16)11(9)12(6)21/h7-8H,3-5,17,19H2,1-2H3,(H2,18,23)/t7-,8+,15?,16+/m0/s1. The van der Waals surface area contributed by atoms with Gasteiger partial charge in [-0.15, -0.1) is 0 Å². The molecule has 9 heteroatoms. The van der Waals surface area contributed by atoms with Gasteiger partial charge in [0.15, 0.2) is 5.72 Å². The zero-order valence-electron chi connectivity index (χ0n) is 14.0. The first-order chi connectivity index (χ1) is 11.7. The number of hydrogen-bond donors (Lipinski definition) is 3. The van der Waals surface area contributed by atoms with Gasteiger partial charge in [0, 0.05) is 30.7 Å². The number of methoxy groups -OCH3 is 1. The average Bonchev–Trinajstić information content (AvgIpc) is 3.03. The lowest BCUT2D eigenvalue weighted by atomic mass is 9.80. The summed E-state index contributed by atoms with van der Waals surface area (Å²) < 4.78 is 10.8. The first-order valence-electron chi connectivity index (χ1n) is 8.04. The van der Waals surface area contributed by atoms with Crippen LogP contribution >= 0.6 is 0 Å². The van der Waals surface area contributed by atoms with E-state index in [1.807, 2.05) is 0 Å². The van der Waals surface area contributed by atoms with Gasteiger partial charge < -0.3 is 31.6 Å². The predicted molar refractivity (Wildman–Crippen MR) is 84.4 cm³/mol. The van der Waals surface area contributed by atoms with Crippen LogP contribution in [0.3, 0.4) is 0 Å². The maximum absolute atomic E-state index is 12.9. The maximum atomic E-state index is 12.9. The Morgan fingerprint density at radius 1 is 1.36 bits per heavy atom. The van der Waals surface area contributed by atoms with E-state index in [0.29, 0.717) is 13.0 Å². The Morgan fingerprint density at radius 3 is 2.64 bits per heavy atom. The van der Waals surface area contributed by atoms with Crippen LogP contribution in [0.15, 0.2) is 22.5 Å². The zero-order chi connectivity index (χ0) is 18.3. The lowest BCUT2D eigenvalue weighted by Crippen LogP contribution is -2.62. The molecule has 4 atom stereocenters. The second kappa shape index (κ2) is 4.61. The number of nitrogens with two attached hydrogens (primary N) is 3. The molecule has 2 heterocycles. The molecular weight excluding hydrogens is 328 g/mol. The zero-order valence-corrected chi connectivity index (χ0v) is 14.0. The first-order valence-corrected chi connectivity index (χ1v) is 8.04. The molecule has 4 aliphatic rings. The van der Waals surface area contributed by atoms with E-state index in [-0.39, 0.29) is 40.8 Å². The number of primary amides is 1. The fraction of sp³-hybridized carbons (Fsp3) is 0.562. The number of carbonyl (C=O) groups excluding carboxylic acids is 3. The third-order valence-electron chi connectivity index (χ3n) is 6.12. The average molecular weight is 348 g/mol. The van der Waals surface area contributed by atoms with Crippen molar-refractivity contribution in [2.24, 2.45) is 29.0 Å². The van der Waals surface area contributed by atoms with Crippen molar-refractivity contribution in [2.45, 2.75) is 24.6 Å². The minimum absolute atomic E-state index is 0.0985. The summed E-state index contributed by atoms with van der Waals surface area (Å²) in [6.45, 7) is 1.81. The quantitative estimate of drug-likeness (QED) is 0.534. The molecule has 4 rings (SSSR count). The van der Waals surface area contributed by atoms with Gasteiger partial charge in [-0.3, -0.25) is 9.59 Å². The van der Waals surface area contributed by atoms with E-state index >= 15 is 0 Å². The number of Topliss-reactive ketones (excluding diaryl/α,β-unsaturated/α-hetero) is 2. The van der Waals surface area contributed by atoms with E-state index < -0.39 is 29.1 Å². The van der Waals surface area contributed by atoms with Crippen LogP contribution in [-0.4, -0.2) is 54.1 Å². The predicted octanol–water partition coefficient (Wildman–Crippen LogP) is -1.27. The van der Waals surface area contributed by atoms with Crippen molar-refractivity contribution in [3.63, 3.8) is 0 Å². The summed E-state index contributed by atoms with van der Waals surface area (Å²) in [6.07, 6.45) is -0.271. The lowest BCUT2D eigenvalue weighted by molar-refractivity contribution is -0.152. The molecule has 0 aromatic heterocycles. The minimum Gasteiger partial charge on any atom is -0.449 e. The molecule has 2 aliphatic heterocycles. The molecule has 0 bridgehead atoms. The number of fused-ring (bicyclic) bond motifs is 4. The second-order valence-corrected chi connectivity index (χ2v) is 7.09. The van der Waals surface area contributed by atoms with E-state index in [9.17, 15) is 14.4 Å². The normalized spacial score (nSPS) is 38.8. The number of piperidine rings is 1. The number of rotatable bonds is 3. The Hall–Kier alpha value is -2.39. The Bertz CT molecular complexity index is 802. The molecule has 1 saturated carbocycles. The maximum Gasteiger partial charge on any atom is 0.404 e. The van der Waals surface area contributed by atoms with Crippen LogP contribution in [-0.2, 0) is 19.1 Å². The van der Waals surface area contributed by atoms with Crippen LogP contribution in [0.1, 0.15) is 13.3 Å². The Morgan fingerprint density at radius 2 is 2.04 bits per heavy atom. The Balaban J connectivity index is 1.88. The van der Waals surface area contributed by atoms with E-state index in [0.717, 1.165) is 0 Å². The van der Waals surface area contributed by atoms with Crippen LogP contribution < -0.4 is 17.2 Å². The van der Waals surface area contributed by atoms with Gasteiger partial charge in [0.05, 0.1) is 22.9 Å². The molecule has 25 heavy (non-hydrogen) atoms. The molecule has 9 nitrogen and oxygen atoms in total. The Kier molecular flexibility index (Phi) is 2.97. The van der Waals surface area contributed by atoms with Crippen molar-refractivity contribution in [1.29, 1.82) is 0 Å². The van der Waals surface area contributed by atoms with Crippen molar-refractivity contribution < 1.29 is 23.9 Å². The highest BCUT2D eigenvalue weighted by molar-refractivity contribution is 6.25. The number of allylic oxidation sites excluding steroid dienone is 2. The topological polar surface area (TPSA) is 151 Å². The van der Waals surface area contributed by atoms with Crippen LogP contribution in [0.5, 0.6) is 0 Å². The molecule has 0 aromatic rings. The van der Waals surface area contributed by atoms with Crippen molar-refractivity contribution >= 4 is 17.7 Å². The van der Waals surface area contributed by atoms with Gasteiger partial charge in [0.2, 0.25) is 11.6 Å². The first kappa shape index (κ1) is 16.1. The third-order valence-corrected chi connectivity index (χ3v) is 6.12. The smallest absolute Gasteiger partial charge is 0.404 e. The number of hydrogen-bond acceptors (Lipinski definition) is 8. The highest BCUT2D eigenvalue weighted by Crippen LogP contribution is 2.66. The molecule has 0 spiro atoms. The summed E-state index contributed by atoms with van der Waals surface area (Å²) in [5, 5.41) is 0. The summed E-state index contributed by atoms with van der Waals surface area (Å²) >= 11 is 0. The van der Waals surface area contributed by atoms with E-state index in [2.05, 4.69) is 0 Å². The van der Waals surface area contributed by atoms with Crippen molar-refractivity contribution in [1.82, 2.24) is 4.90 Å². The highest BCUT2D eigenvalue weighted by atomic mass is 16.6. The van der Waals surface area contributed by atoms with Gasteiger partial charge in [-0.05, 0) is 13.3 Å². The van der Waals surface area contributed by atoms with Gasteiger partial charge in [-0.2, -0.15) is 0 Å². The summed E-state index contributed by atoms with van der Waals surface area (Å²) in [5.74, 6) is -1.36. The van der Waals surface area contributed by atoms with Crippen LogP contribution in [0.25, 0.3) is 0 Å². The van der Waals surface area contributed by atoms with E-state index in [4.69, 9.17) is 26.7 Å². The second-order valence-electron chi connectivity index (χ2n) is 7.09. The molecular formula is C16H20N4O5. The van der Waals surface area contributed by atoms with Crippen molar-refractivity contribution in [3.05, 3.63) is 22.5 Å². The molecule has 134 valence electrons. The van der Waals surface area contributed by atoms with Gasteiger partial charge >= 0.3 is 6.09 Å². The molecule has 1 amide bonds. The minimum atomic E-state index is -1.13. The molecule has 2 fully saturated rings. The summed E-state index contributed by atoms with van der Waals surface area (Å²) in [6, 6.07) is 0.